The van der Waals surface area contributed by atoms with Crippen LogP contribution in [-0.4, -0.2) is 11.8 Å². The topological polar surface area (TPSA) is 37.4 Å². The zero-order valence-corrected chi connectivity index (χ0v) is 12.5. The molecule has 1 saturated heterocycles. The molecule has 0 N–H and O–H groups in total. The van der Waals surface area contributed by atoms with Crippen molar-refractivity contribution in [3.63, 3.8) is 0 Å². The molecule has 104 valence electrons. The van der Waals surface area contributed by atoms with E-state index in [1.807, 2.05) is 6.08 Å². The van der Waals surface area contributed by atoms with E-state index in [9.17, 15) is 9.59 Å². The predicted molar refractivity (Wildman–Crippen MR) is 79.1 cm³/mol. The van der Waals surface area contributed by atoms with E-state index in [2.05, 4.69) is 0 Å². The molecule has 0 unspecified atom stereocenters. The summed E-state index contributed by atoms with van der Waals surface area (Å²) in [6, 6.07) is 4.73. The number of fused-ring (bicyclic) bond motifs is 1. The second-order valence-corrected chi connectivity index (χ2v) is 6.21. The fourth-order valence-electron chi connectivity index (χ4n) is 2.71. The average Bonchev–Trinajstić information content (AvgIpc) is 2.65. The normalized spacial score (nSPS) is 25.8. The van der Waals surface area contributed by atoms with Gasteiger partial charge in [0.15, 0.2) is 0 Å². The molecule has 1 aliphatic heterocycles. The molecule has 1 aliphatic carbocycles. The van der Waals surface area contributed by atoms with Gasteiger partial charge in [0.25, 0.3) is 0 Å². The summed E-state index contributed by atoms with van der Waals surface area (Å²) < 4.78 is 0. The molecule has 1 fully saturated rings. The summed E-state index contributed by atoms with van der Waals surface area (Å²) in [6.07, 6.45) is 2.74. The number of imide groups is 1. The van der Waals surface area contributed by atoms with Gasteiger partial charge < -0.3 is 0 Å². The van der Waals surface area contributed by atoms with Gasteiger partial charge in [-0.3, -0.25) is 9.59 Å². The maximum absolute atomic E-state index is 12.4. The Morgan fingerprint density at radius 3 is 2.40 bits per heavy atom. The Hall–Kier alpha value is -1.03. The van der Waals surface area contributed by atoms with E-state index in [4.69, 9.17) is 34.8 Å². The highest BCUT2D eigenvalue weighted by Gasteiger charge is 2.48. The first kappa shape index (κ1) is 13.9. The maximum atomic E-state index is 12.4. The smallest absolute Gasteiger partial charge is 0.238 e. The number of hydrogen-bond donors (Lipinski definition) is 0. The third-order valence-electron chi connectivity index (χ3n) is 3.73. The van der Waals surface area contributed by atoms with E-state index in [-0.39, 0.29) is 23.7 Å². The number of carbonyl (C=O) groups excluding carboxylic acids is 2. The van der Waals surface area contributed by atoms with Crippen LogP contribution in [0.15, 0.2) is 29.3 Å². The van der Waals surface area contributed by atoms with Crippen LogP contribution in [0.25, 0.3) is 0 Å². The Kier molecular flexibility index (Phi) is 3.53. The van der Waals surface area contributed by atoms with Crippen molar-refractivity contribution in [2.75, 3.05) is 4.90 Å². The SMILES string of the molecule is O=C1[C@H]2CC(Cl)=CC[C@H]2C(=O)N1c1ccc(Cl)c(Cl)c1. The molecule has 1 aromatic carbocycles. The average molecular weight is 331 g/mol. The van der Waals surface area contributed by atoms with Crippen molar-refractivity contribution in [3.05, 3.63) is 39.4 Å². The first-order valence-corrected chi connectivity index (χ1v) is 7.30. The van der Waals surface area contributed by atoms with Crippen molar-refractivity contribution in [1.29, 1.82) is 0 Å². The molecule has 1 aromatic rings. The van der Waals surface area contributed by atoms with Gasteiger partial charge >= 0.3 is 0 Å². The van der Waals surface area contributed by atoms with E-state index in [1.54, 1.807) is 12.1 Å². The van der Waals surface area contributed by atoms with Crippen molar-refractivity contribution in [1.82, 2.24) is 0 Å². The molecule has 3 nitrogen and oxygen atoms in total. The van der Waals surface area contributed by atoms with Crippen LogP contribution in [0, 0.1) is 11.8 Å². The Morgan fingerprint density at radius 2 is 1.70 bits per heavy atom. The molecule has 6 heteroatoms. The number of carbonyl (C=O) groups is 2. The highest BCUT2D eigenvalue weighted by molar-refractivity contribution is 6.42. The fourth-order valence-corrected chi connectivity index (χ4v) is 3.25. The Bertz CT molecular complexity index is 641. The molecular weight excluding hydrogens is 321 g/mol. The molecule has 0 radical (unpaired) electrons. The lowest BCUT2D eigenvalue weighted by molar-refractivity contribution is -0.122. The van der Waals surface area contributed by atoms with Gasteiger partial charge in [-0.2, -0.15) is 0 Å². The van der Waals surface area contributed by atoms with Gasteiger partial charge in [0.2, 0.25) is 11.8 Å². The van der Waals surface area contributed by atoms with Crippen molar-refractivity contribution < 1.29 is 9.59 Å². The maximum Gasteiger partial charge on any atom is 0.238 e. The van der Waals surface area contributed by atoms with Crippen LogP contribution in [0.4, 0.5) is 5.69 Å². The first-order valence-electron chi connectivity index (χ1n) is 6.16. The van der Waals surface area contributed by atoms with Gasteiger partial charge in [-0.1, -0.05) is 40.9 Å². The minimum atomic E-state index is -0.366. The van der Waals surface area contributed by atoms with Crippen LogP contribution in [0.3, 0.4) is 0 Å². The molecule has 3 rings (SSSR count). The molecule has 0 saturated carbocycles. The summed E-state index contributed by atoms with van der Waals surface area (Å²) in [5.41, 5.74) is 0.458. The molecule has 0 spiro atoms. The largest absolute Gasteiger partial charge is 0.274 e. The Morgan fingerprint density at radius 1 is 1.00 bits per heavy atom. The predicted octanol–water partition coefficient (Wildman–Crippen LogP) is 4.02. The Labute approximate surface area is 131 Å². The standard InChI is InChI=1S/C14H10Cl3NO2/c15-7-1-3-9-10(5-7)14(20)18(13(9)19)8-2-4-11(16)12(17)6-8/h1-2,4,6,9-10H,3,5H2/t9-,10+/m1/s1. The lowest BCUT2D eigenvalue weighted by atomic mass is 9.85. The summed E-state index contributed by atoms with van der Waals surface area (Å²) in [7, 11) is 0. The zero-order valence-electron chi connectivity index (χ0n) is 10.3. The van der Waals surface area contributed by atoms with Crippen LogP contribution < -0.4 is 4.90 Å². The number of amides is 2. The molecule has 20 heavy (non-hydrogen) atoms. The van der Waals surface area contributed by atoms with Gasteiger partial charge in [0.05, 0.1) is 27.6 Å². The van der Waals surface area contributed by atoms with E-state index in [0.717, 1.165) is 0 Å². The van der Waals surface area contributed by atoms with Crippen molar-refractivity contribution >= 4 is 52.3 Å². The summed E-state index contributed by atoms with van der Waals surface area (Å²) >= 11 is 17.8. The molecule has 2 atom stereocenters. The number of hydrogen-bond acceptors (Lipinski definition) is 2. The van der Waals surface area contributed by atoms with E-state index >= 15 is 0 Å². The highest BCUT2D eigenvalue weighted by Crippen LogP contribution is 2.41. The lowest BCUT2D eigenvalue weighted by Crippen LogP contribution is -2.30. The second-order valence-electron chi connectivity index (χ2n) is 4.91. The van der Waals surface area contributed by atoms with Crippen molar-refractivity contribution in [3.8, 4) is 0 Å². The molecule has 2 amide bonds. The van der Waals surface area contributed by atoms with Crippen molar-refractivity contribution in [2.45, 2.75) is 12.8 Å². The van der Waals surface area contributed by atoms with Crippen molar-refractivity contribution in [2.24, 2.45) is 11.8 Å². The number of allylic oxidation sites excluding steroid dienone is 2. The van der Waals surface area contributed by atoms with Crippen LogP contribution in [0.2, 0.25) is 10.0 Å². The van der Waals surface area contributed by atoms with E-state index in [1.165, 1.54) is 11.0 Å². The summed E-state index contributed by atoms with van der Waals surface area (Å²) in [5.74, 6) is -1.10. The summed E-state index contributed by atoms with van der Waals surface area (Å²) in [6.45, 7) is 0. The lowest BCUT2D eigenvalue weighted by Gasteiger charge is -2.17. The highest BCUT2D eigenvalue weighted by atomic mass is 35.5. The van der Waals surface area contributed by atoms with Crippen LogP contribution in [0.1, 0.15) is 12.8 Å². The van der Waals surface area contributed by atoms with Crippen LogP contribution in [-0.2, 0) is 9.59 Å². The molecule has 0 bridgehead atoms. The van der Waals surface area contributed by atoms with E-state index < -0.39 is 0 Å². The summed E-state index contributed by atoms with van der Waals surface area (Å²) in [4.78, 5) is 26.0. The number of nitrogens with zero attached hydrogens (tertiary/aromatic N) is 1. The molecule has 2 aliphatic rings. The number of rotatable bonds is 1. The Balaban J connectivity index is 1.97. The van der Waals surface area contributed by atoms with Gasteiger partial charge in [-0.05, 0) is 31.0 Å². The number of benzene rings is 1. The molecule has 1 heterocycles. The quantitative estimate of drug-likeness (QED) is 0.729. The van der Waals surface area contributed by atoms with E-state index in [0.29, 0.717) is 33.6 Å². The van der Waals surface area contributed by atoms with Gasteiger partial charge in [0, 0.05) is 5.03 Å². The van der Waals surface area contributed by atoms with Crippen LogP contribution in [0.5, 0.6) is 0 Å². The van der Waals surface area contributed by atoms with Gasteiger partial charge in [-0.15, -0.1) is 0 Å². The first-order chi connectivity index (χ1) is 9.49. The summed E-state index contributed by atoms with van der Waals surface area (Å²) in [5, 5.41) is 1.34. The van der Waals surface area contributed by atoms with Crippen LogP contribution >= 0.6 is 34.8 Å². The third kappa shape index (κ3) is 2.14. The number of anilines is 1. The van der Waals surface area contributed by atoms with Gasteiger partial charge in [0.1, 0.15) is 0 Å². The minimum Gasteiger partial charge on any atom is -0.274 e. The monoisotopic (exact) mass is 329 g/mol. The molecule has 0 aromatic heterocycles. The third-order valence-corrected chi connectivity index (χ3v) is 4.78. The van der Waals surface area contributed by atoms with Gasteiger partial charge in [-0.25, -0.2) is 4.90 Å². The fraction of sp³-hybridized carbons (Fsp3) is 0.286. The number of halogens is 3. The second kappa shape index (κ2) is 5.06. The minimum absolute atomic E-state index is 0.196. The zero-order chi connectivity index (χ0) is 14.4. The molecular formula is C14H10Cl3NO2.